The van der Waals surface area contributed by atoms with E-state index in [-0.39, 0.29) is 12.5 Å². The van der Waals surface area contributed by atoms with E-state index in [9.17, 15) is 29.1 Å². The Morgan fingerprint density at radius 1 is 1.19 bits per heavy atom. The van der Waals surface area contributed by atoms with Gasteiger partial charge in [-0.25, -0.2) is 4.79 Å². The lowest BCUT2D eigenvalue weighted by Crippen LogP contribution is -2.57. The van der Waals surface area contributed by atoms with Crippen molar-refractivity contribution in [3.05, 3.63) is 0 Å². The van der Waals surface area contributed by atoms with Crippen LogP contribution in [0.3, 0.4) is 0 Å². The van der Waals surface area contributed by atoms with Crippen molar-refractivity contribution in [2.75, 3.05) is 18.6 Å². The van der Waals surface area contributed by atoms with E-state index in [4.69, 9.17) is 11.5 Å². The maximum Gasteiger partial charge on any atom is 0.326 e. The minimum absolute atomic E-state index is 0.236. The Hall–Kier alpha value is -2.34. The minimum atomic E-state index is -1.25. The molecule has 31 heavy (non-hydrogen) atoms. The van der Waals surface area contributed by atoms with Crippen molar-refractivity contribution in [3.8, 4) is 0 Å². The first-order valence-electron chi connectivity index (χ1n) is 10.2. The van der Waals surface area contributed by atoms with Crippen molar-refractivity contribution < 1.29 is 29.1 Å². The molecule has 1 saturated heterocycles. The SMILES string of the molecule is CSCCC(N)C(=O)NC(CC(N)=O)C(=O)N1CCCC1C(=O)NC(C(=O)O)C(C)C. The van der Waals surface area contributed by atoms with Crippen LogP contribution in [0.1, 0.15) is 39.5 Å². The second-order valence-electron chi connectivity index (χ2n) is 7.88. The second-order valence-corrected chi connectivity index (χ2v) is 8.86. The number of likely N-dealkylation sites (tertiary alicyclic amines) is 1. The van der Waals surface area contributed by atoms with E-state index in [0.717, 1.165) is 0 Å². The molecule has 11 nitrogen and oxygen atoms in total. The van der Waals surface area contributed by atoms with Crippen molar-refractivity contribution in [2.45, 2.75) is 63.7 Å². The average Bonchev–Trinajstić information content (AvgIpc) is 3.17. The molecule has 0 saturated carbocycles. The van der Waals surface area contributed by atoms with Gasteiger partial charge in [0.1, 0.15) is 18.1 Å². The van der Waals surface area contributed by atoms with Gasteiger partial charge >= 0.3 is 5.97 Å². The molecule has 7 N–H and O–H groups in total. The highest BCUT2D eigenvalue weighted by molar-refractivity contribution is 7.98. The number of carbonyl (C=O) groups is 5. The Morgan fingerprint density at radius 2 is 1.84 bits per heavy atom. The summed E-state index contributed by atoms with van der Waals surface area (Å²) in [7, 11) is 0. The lowest BCUT2D eigenvalue weighted by Gasteiger charge is -2.30. The van der Waals surface area contributed by atoms with Gasteiger partial charge in [0.15, 0.2) is 0 Å². The van der Waals surface area contributed by atoms with Gasteiger partial charge in [-0.05, 0) is 37.2 Å². The molecule has 1 heterocycles. The molecule has 4 unspecified atom stereocenters. The van der Waals surface area contributed by atoms with E-state index in [1.807, 2.05) is 6.26 Å². The molecule has 0 aliphatic carbocycles. The summed E-state index contributed by atoms with van der Waals surface area (Å²) in [5.41, 5.74) is 11.1. The first-order chi connectivity index (χ1) is 14.5. The molecule has 4 atom stereocenters. The number of carbonyl (C=O) groups excluding carboxylic acids is 4. The second kappa shape index (κ2) is 12.5. The molecule has 0 aromatic heterocycles. The van der Waals surface area contributed by atoms with Crippen LogP contribution in [0.5, 0.6) is 0 Å². The smallest absolute Gasteiger partial charge is 0.326 e. The predicted molar refractivity (Wildman–Crippen MR) is 116 cm³/mol. The number of rotatable bonds is 12. The number of thioether (sulfide) groups is 1. The zero-order chi connectivity index (χ0) is 23.7. The normalized spacial score (nSPS) is 18.9. The summed E-state index contributed by atoms with van der Waals surface area (Å²) < 4.78 is 0. The van der Waals surface area contributed by atoms with Crippen molar-refractivity contribution in [2.24, 2.45) is 17.4 Å². The number of nitrogens with zero attached hydrogens (tertiary/aromatic N) is 1. The zero-order valence-corrected chi connectivity index (χ0v) is 18.9. The van der Waals surface area contributed by atoms with E-state index in [1.54, 1.807) is 13.8 Å². The Bertz CT molecular complexity index is 689. The topological polar surface area (TPSA) is 185 Å². The van der Waals surface area contributed by atoms with Crippen LogP contribution in [-0.2, 0) is 24.0 Å². The molecule has 0 radical (unpaired) electrons. The lowest BCUT2D eigenvalue weighted by atomic mass is 10.0. The van der Waals surface area contributed by atoms with Gasteiger partial charge in [0.25, 0.3) is 0 Å². The fourth-order valence-corrected chi connectivity index (χ4v) is 3.81. The zero-order valence-electron chi connectivity index (χ0n) is 18.1. The number of primary amides is 1. The molecular formula is C19H33N5O6S. The van der Waals surface area contributed by atoms with Crippen LogP contribution in [0.4, 0.5) is 0 Å². The maximum absolute atomic E-state index is 13.1. The van der Waals surface area contributed by atoms with Gasteiger partial charge in [-0.15, -0.1) is 0 Å². The number of hydrogen-bond donors (Lipinski definition) is 5. The van der Waals surface area contributed by atoms with Crippen LogP contribution >= 0.6 is 11.8 Å². The molecular weight excluding hydrogens is 426 g/mol. The Morgan fingerprint density at radius 3 is 2.35 bits per heavy atom. The summed E-state index contributed by atoms with van der Waals surface area (Å²) in [5.74, 6) is -3.46. The summed E-state index contributed by atoms with van der Waals surface area (Å²) >= 11 is 1.52. The van der Waals surface area contributed by atoms with Crippen molar-refractivity contribution in [1.82, 2.24) is 15.5 Å². The highest BCUT2D eigenvalue weighted by Crippen LogP contribution is 2.20. The Labute approximate surface area is 186 Å². The molecule has 12 heteroatoms. The van der Waals surface area contributed by atoms with Gasteiger partial charge < -0.3 is 32.1 Å². The monoisotopic (exact) mass is 459 g/mol. The fraction of sp³-hybridized carbons (Fsp3) is 0.737. The highest BCUT2D eigenvalue weighted by atomic mass is 32.2. The molecule has 1 rings (SSSR count). The van der Waals surface area contributed by atoms with E-state index < -0.39 is 60.2 Å². The third kappa shape index (κ3) is 8.02. The van der Waals surface area contributed by atoms with Crippen molar-refractivity contribution in [3.63, 3.8) is 0 Å². The van der Waals surface area contributed by atoms with E-state index in [1.165, 1.54) is 16.7 Å². The first kappa shape index (κ1) is 26.7. The number of carboxylic acids is 1. The van der Waals surface area contributed by atoms with Crippen LogP contribution in [-0.4, -0.2) is 82.3 Å². The van der Waals surface area contributed by atoms with Gasteiger partial charge in [-0.3, -0.25) is 19.2 Å². The van der Waals surface area contributed by atoms with Gasteiger partial charge in [-0.2, -0.15) is 11.8 Å². The van der Waals surface area contributed by atoms with Crippen molar-refractivity contribution in [1.29, 1.82) is 0 Å². The van der Waals surface area contributed by atoms with Gasteiger partial charge in [0.2, 0.25) is 23.6 Å². The van der Waals surface area contributed by atoms with E-state index in [2.05, 4.69) is 10.6 Å². The maximum atomic E-state index is 13.1. The average molecular weight is 460 g/mol. The molecule has 0 spiro atoms. The van der Waals surface area contributed by atoms with Crippen LogP contribution in [0, 0.1) is 5.92 Å². The summed E-state index contributed by atoms with van der Waals surface area (Å²) in [6, 6.07) is -4.10. The molecule has 0 aromatic rings. The van der Waals surface area contributed by atoms with Crippen LogP contribution in [0.2, 0.25) is 0 Å². The van der Waals surface area contributed by atoms with Crippen molar-refractivity contribution >= 4 is 41.4 Å². The lowest BCUT2D eigenvalue weighted by molar-refractivity contribution is -0.146. The Kier molecular flexibility index (Phi) is 10.8. The fourth-order valence-electron chi connectivity index (χ4n) is 3.32. The highest BCUT2D eigenvalue weighted by Gasteiger charge is 2.39. The summed E-state index contributed by atoms with van der Waals surface area (Å²) in [4.78, 5) is 62.3. The molecule has 1 aliphatic heterocycles. The summed E-state index contributed by atoms with van der Waals surface area (Å²) in [6.07, 6.45) is 2.69. The summed E-state index contributed by atoms with van der Waals surface area (Å²) in [5, 5.41) is 14.3. The molecule has 176 valence electrons. The van der Waals surface area contributed by atoms with E-state index in [0.29, 0.717) is 25.0 Å². The number of carboxylic acid groups (broad SMARTS) is 1. The molecule has 1 aliphatic rings. The van der Waals surface area contributed by atoms with E-state index >= 15 is 0 Å². The largest absolute Gasteiger partial charge is 0.480 e. The number of nitrogens with one attached hydrogen (secondary N) is 2. The molecule has 1 fully saturated rings. The van der Waals surface area contributed by atoms with Crippen LogP contribution in [0.15, 0.2) is 0 Å². The molecule has 0 aromatic carbocycles. The third-order valence-corrected chi connectivity index (χ3v) is 5.70. The standard InChI is InChI=1S/C19H33N5O6S/c1-10(2)15(19(29)30)23-17(27)13-5-4-7-24(13)18(28)12(9-14(21)25)22-16(26)11(20)6-8-31-3/h10-13,15H,4-9,20H2,1-3H3,(H2,21,25)(H,22,26)(H,23,27)(H,29,30). The van der Waals surface area contributed by atoms with Crippen LogP contribution < -0.4 is 22.1 Å². The number of aliphatic carboxylic acids is 1. The molecule has 4 amide bonds. The summed E-state index contributed by atoms with van der Waals surface area (Å²) in [6.45, 7) is 3.56. The third-order valence-electron chi connectivity index (χ3n) is 5.06. The molecule has 0 bridgehead atoms. The first-order valence-corrected chi connectivity index (χ1v) is 11.6. The minimum Gasteiger partial charge on any atom is -0.480 e. The number of hydrogen-bond acceptors (Lipinski definition) is 7. The number of amides is 4. The van der Waals surface area contributed by atoms with Crippen LogP contribution in [0.25, 0.3) is 0 Å². The Balaban J connectivity index is 2.94. The van der Waals surface area contributed by atoms with Gasteiger partial charge in [0, 0.05) is 6.54 Å². The van der Waals surface area contributed by atoms with Gasteiger partial charge in [-0.1, -0.05) is 13.8 Å². The van der Waals surface area contributed by atoms with Gasteiger partial charge in [0.05, 0.1) is 12.5 Å². The predicted octanol–water partition coefficient (Wildman–Crippen LogP) is -1.36. The quantitative estimate of drug-likeness (QED) is 0.237. The number of nitrogens with two attached hydrogens (primary N) is 2.